The zero-order valence-electron chi connectivity index (χ0n) is 9.71. The second kappa shape index (κ2) is 7.21. The van der Waals surface area contributed by atoms with Gasteiger partial charge in [-0.1, -0.05) is 13.8 Å². The zero-order chi connectivity index (χ0) is 11.0. The van der Waals surface area contributed by atoms with Gasteiger partial charge in [-0.25, -0.2) is 0 Å². The fourth-order valence-electron chi connectivity index (χ4n) is 1.72. The summed E-state index contributed by atoms with van der Waals surface area (Å²) in [5, 5.41) is 21.5. The molecular formula is C11H25NO2. The van der Waals surface area contributed by atoms with E-state index in [2.05, 4.69) is 26.1 Å². The van der Waals surface area contributed by atoms with Crippen LogP contribution in [0.2, 0.25) is 0 Å². The van der Waals surface area contributed by atoms with Gasteiger partial charge in [0.25, 0.3) is 0 Å². The summed E-state index contributed by atoms with van der Waals surface area (Å²) in [4.78, 5) is 0. The van der Waals surface area contributed by atoms with Gasteiger partial charge >= 0.3 is 0 Å². The molecule has 3 nitrogen and oxygen atoms in total. The van der Waals surface area contributed by atoms with E-state index in [-0.39, 0.29) is 18.8 Å². The molecule has 0 saturated carbocycles. The largest absolute Gasteiger partial charge is 0.396 e. The minimum absolute atomic E-state index is 0.130. The number of aliphatic hydroxyl groups excluding tert-OH is 2. The molecule has 0 radical (unpaired) electrons. The van der Waals surface area contributed by atoms with Gasteiger partial charge in [0.15, 0.2) is 0 Å². The number of nitrogens with one attached hydrogen (secondary N) is 1. The molecule has 0 heterocycles. The van der Waals surface area contributed by atoms with E-state index in [4.69, 9.17) is 5.11 Å². The summed E-state index contributed by atoms with van der Waals surface area (Å²) in [7, 11) is 0. The van der Waals surface area contributed by atoms with Gasteiger partial charge in [0.1, 0.15) is 0 Å². The van der Waals surface area contributed by atoms with Crippen LogP contribution in [-0.4, -0.2) is 35.0 Å². The third-order valence-electron chi connectivity index (χ3n) is 3.00. The predicted octanol–water partition coefficient (Wildman–Crippen LogP) is 1.29. The number of hydrogen-bond acceptors (Lipinski definition) is 3. The highest BCUT2D eigenvalue weighted by atomic mass is 16.3. The molecule has 0 aromatic carbocycles. The van der Waals surface area contributed by atoms with Crippen LogP contribution in [0.25, 0.3) is 0 Å². The molecular weight excluding hydrogens is 178 g/mol. The Labute approximate surface area is 87.5 Å². The first-order valence-corrected chi connectivity index (χ1v) is 5.63. The normalized spacial score (nSPS) is 14.4. The molecule has 0 aliphatic rings. The topological polar surface area (TPSA) is 52.5 Å². The van der Waals surface area contributed by atoms with Crippen LogP contribution in [0.5, 0.6) is 0 Å². The van der Waals surface area contributed by atoms with Crippen molar-refractivity contribution in [3.8, 4) is 0 Å². The second-order valence-electron chi connectivity index (χ2n) is 4.06. The number of rotatable bonds is 8. The van der Waals surface area contributed by atoms with E-state index in [9.17, 15) is 5.11 Å². The average molecular weight is 203 g/mol. The van der Waals surface area contributed by atoms with E-state index >= 15 is 0 Å². The van der Waals surface area contributed by atoms with E-state index in [1.54, 1.807) is 0 Å². The Balaban J connectivity index is 4.01. The predicted molar refractivity (Wildman–Crippen MR) is 59.3 cm³/mol. The van der Waals surface area contributed by atoms with Crippen LogP contribution in [0.1, 0.15) is 46.5 Å². The lowest BCUT2D eigenvalue weighted by Crippen LogP contribution is -2.51. The fourth-order valence-corrected chi connectivity index (χ4v) is 1.72. The molecule has 0 amide bonds. The quantitative estimate of drug-likeness (QED) is 0.557. The van der Waals surface area contributed by atoms with Gasteiger partial charge in [-0.2, -0.15) is 0 Å². The molecule has 0 aliphatic carbocycles. The van der Waals surface area contributed by atoms with Crippen molar-refractivity contribution in [3.63, 3.8) is 0 Å². The van der Waals surface area contributed by atoms with Crippen molar-refractivity contribution in [2.75, 3.05) is 13.2 Å². The number of aliphatic hydroxyl groups is 2. The summed E-state index contributed by atoms with van der Waals surface area (Å²) in [6, 6.07) is 0.356. The van der Waals surface area contributed by atoms with Gasteiger partial charge in [-0.05, 0) is 32.6 Å². The van der Waals surface area contributed by atoms with Crippen molar-refractivity contribution in [1.29, 1.82) is 0 Å². The van der Waals surface area contributed by atoms with Crippen LogP contribution in [-0.2, 0) is 0 Å². The second-order valence-corrected chi connectivity index (χ2v) is 4.06. The fraction of sp³-hybridized carbons (Fsp3) is 1.00. The van der Waals surface area contributed by atoms with Crippen LogP contribution in [0.3, 0.4) is 0 Å². The molecule has 0 spiro atoms. The molecule has 3 heteroatoms. The first kappa shape index (κ1) is 13.9. The van der Waals surface area contributed by atoms with Gasteiger partial charge in [-0.15, -0.1) is 0 Å². The lowest BCUT2D eigenvalue weighted by Gasteiger charge is -2.34. The summed E-state index contributed by atoms with van der Waals surface area (Å²) in [5.41, 5.74) is -0.130. The monoisotopic (exact) mass is 203 g/mol. The highest BCUT2D eigenvalue weighted by molar-refractivity contribution is 4.86. The molecule has 1 unspecified atom stereocenters. The molecule has 0 rings (SSSR count). The smallest absolute Gasteiger partial charge is 0.0613 e. The van der Waals surface area contributed by atoms with E-state index < -0.39 is 0 Å². The van der Waals surface area contributed by atoms with Crippen molar-refractivity contribution >= 4 is 0 Å². The molecule has 0 aromatic heterocycles. The lowest BCUT2D eigenvalue weighted by atomic mass is 9.92. The Bertz CT molecular complexity index is 127. The Kier molecular flexibility index (Phi) is 7.15. The van der Waals surface area contributed by atoms with Gasteiger partial charge in [0.05, 0.1) is 6.61 Å². The molecule has 0 fully saturated rings. The van der Waals surface area contributed by atoms with E-state index in [1.807, 2.05) is 0 Å². The maximum absolute atomic E-state index is 9.34. The summed E-state index contributed by atoms with van der Waals surface area (Å²) in [6.07, 6.45) is 3.65. The number of hydrogen-bond donors (Lipinski definition) is 3. The van der Waals surface area contributed by atoms with Gasteiger partial charge in [0.2, 0.25) is 0 Å². The van der Waals surface area contributed by atoms with Crippen molar-refractivity contribution in [1.82, 2.24) is 5.32 Å². The Morgan fingerprint density at radius 3 is 2.14 bits per heavy atom. The Morgan fingerprint density at radius 2 is 1.79 bits per heavy atom. The van der Waals surface area contributed by atoms with Crippen LogP contribution >= 0.6 is 0 Å². The highest BCUT2D eigenvalue weighted by Crippen LogP contribution is 2.16. The minimum atomic E-state index is -0.130. The van der Waals surface area contributed by atoms with E-state index in [1.165, 1.54) is 0 Å². The van der Waals surface area contributed by atoms with Crippen LogP contribution in [0, 0.1) is 0 Å². The summed E-state index contributed by atoms with van der Waals surface area (Å²) in [6.45, 7) is 6.71. The molecule has 0 bridgehead atoms. The third kappa shape index (κ3) is 4.40. The van der Waals surface area contributed by atoms with Gasteiger partial charge in [0, 0.05) is 18.2 Å². The third-order valence-corrected chi connectivity index (χ3v) is 3.00. The van der Waals surface area contributed by atoms with Crippen molar-refractivity contribution < 1.29 is 10.2 Å². The molecule has 0 saturated heterocycles. The standard InChI is InChI=1S/C11H25NO2/c1-4-11(5-2,9-14)12-10(3)7-6-8-13/h10,12-14H,4-9H2,1-3H3. The lowest BCUT2D eigenvalue weighted by molar-refractivity contribution is 0.136. The van der Waals surface area contributed by atoms with Crippen LogP contribution in [0.15, 0.2) is 0 Å². The van der Waals surface area contributed by atoms with Crippen LogP contribution < -0.4 is 5.32 Å². The van der Waals surface area contributed by atoms with E-state index in [0.717, 1.165) is 25.7 Å². The highest BCUT2D eigenvalue weighted by Gasteiger charge is 2.26. The molecule has 0 aromatic rings. The molecule has 0 aliphatic heterocycles. The van der Waals surface area contributed by atoms with Gasteiger partial charge < -0.3 is 15.5 Å². The van der Waals surface area contributed by atoms with Gasteiger partial charge in [-0.3, -0.25) is 0 Å². The first-order chi connectivity index (χ1) is 6.64. The summed E-state index contributed by atoms with van der Waals surface area (Å²) < 4.78 is 0. The maximum atomic E-state index is 9.34. The summed E-state index contributed by atoms with van der Waals surface area (Å²) in [5.74, 6) is 0. The molecule has 1 atom stereocenters. The Hall–Kier alpha value is -0.120. The average Bonchev–Trinajstić information content (AvgIpc) is 2.23. The van der Waals surface area contributed by atoms with Crippen molar-refractivity contribution in [2.45, 2.75) is 58.0 Å². The van der Waals surface area contributed by atoms with E-state index in [0.29, 0.717) is 6.04 Å². The Morgan fingerprint density at radius 1 is 1.21 bits per heavy atom. The molecule has 14 heavy (non-hydrogen) atoms. The van der Waals surface area contributed by atoms with Crippen molar-refractivity contribution in [2.24, 2.45) is 0 Å². The van der Waals surface area contributed by atoms with Crippen LogP contribution in [0.4, 0.5) is 0 Å². The minimum Gasteiger partial charge on any atom is -0.396 e. The summed E-state index contributed by atoms with van der Waals surface area (Å²) >= 11 is 0. The maximum Gasteiger partial charge on any atom is 0.0613 e. The van der Waals surface area contributed by atoms with Crippen molar-refractivity contribution in [3.05, 3.63) is 0 Å². The molecule has 86 valence electrons. The first-order valence-electron chi connectivity index (χ1n) is 5.63. The zero-order valence-corrected chi connectivity index (χ0v) is 9.71. The molecule has 3 N–H and O–H groups in total. The SMILES string of the molecule is CCC(CC)(CO)NC(C)CCCO.